The molecule has 0 unspecified atom stereocenters. The van der Waals surface area contributed by atoms with Crippen LogP contribution in [-0.4, -0.2) is 29.8 Å². The van der Waals surface area contributed by atoms with Crippen LogP contribution in [0.2, 0.25) is 0 Å². The van der Waals surface area contributed by atoms with Gasteiger partial charge in [0, 0.05) is 24.2 Å². The zero-order chi connectivity index (χ0) is 2.00. The molecule has 0 saturated heterocycles. The Morgan fingerprint density at radius 2 is 1.20 bits per heavy atom. The van der Waals surface area contributed by atoms with Crippen LogP contribution in [0, 0.1) is 0 Å². The Labute approximate surface area is 60.4 Å². The molecule has 0 amide bonds. The van der Waals surface area contributed by atoms with Crippen LogP contribution in [0.25, 0.3) is 0 Å². The van der Waals surface area contributed by atoms with E-state index in [1.165, 1.54) is 0 Å². The number of aliphatic hydroxyl groups excluding tert-OH is 1. The van der Waals surface area contributed by atoms with E-state index < -0.39 is 0 Å². The van der Waals surface area contributed by atoms with Gasteiger partial charge in [-0.15, -0.1) is 0 Å². The van der Waals surface area contributed by atoms with Crippen molar-refractivity contribution in [1.82, 2.24) is 0 Å². The van der Waals surface area contributed by atoms with E-state index in [1.54, 1.807) is 0 Å². The van der Waals surface area contributed by atoms with Gasteiger partial charge in [0.1, 0.15) is 0 Å². The molecule has 0 aliphatic heterocycles. The summed E-state index contributed by atoms with van der Waals surface area (Å²) in [5.41, 5.74) is 0. The fourth-order valence-electron chi connectivity index (χ4n) is 0. The van der Waals surface area contributed by atoms with Crippen molar-refractivity contribution >= 4 is 31.1 Å². The zero-order valence-electron chi connectivity index (χ0n) is 2.25. The third kappa shape index (κ3) is 32.4. The Balaban J connectivity index is -0.00000000167. The molecule has 1 N–H and O–H groups in total. The van der Waals surface area contributed by atoms with Crippen LogP contribution in [0.1, 0.15) is 0 Å². The first-order valence-corrected chi connectivity index (χ1v) is 0.447. The summed E-state index contributed by atoms with van der Waals surface area (Å²) in [7, 11) is 1.00. The second kappa shape index (κ2) is 54.5. The van der Waals surface area contributed by atoms with Crippen molar-refractivity contribution in [3.05, 3.63) is 0 Å². The predicted octanol–water partition coefficient (Wildman–Crippen LogP) is -1.73. The molecule has 0 rings (SSSR count). The van der Waals surface area contributed by atoms with Crippen molar-refractivity contribution in [1.29, 1.82) is 0 Å². The van der Waals surface area contributed by atoms with E-state index in [0.29, 0.717) is 0 Å². The first-order chi connectivity index (χ1) is 1.00. The second-order valence-corrected chi connectivity index (χ2v) is 0. The van der Waals surface area contributed by atoms with Gasteiger partial charge in [0.25, 0.3) is 0 Å². The number of hydrogen-bond donors (Lipinski definition) is 1. The summed E-state index contributed by atoms with van der Waals surface area (Å²) in [5.74, 6) is 0. The minimum atomic E-state index is 0. The summed E-state index contributed by atoms with van der Waals surface area (Å²) in [6.45, 7) is 0. The molecule has 5 heavy (non-hydrogen) atoms. The third-order valence-electron chi connectivity index (χ3n) is 0. The van der Waals surface area contributed by atoms with Gasteiger partial charge in [-0.3, -0.25) is 0 Å². The summed E-state index contributed by atoms with van der Waals surface area (Å²) in [6.07, 6.45) is 0. The molecule has 1 radical (unpaired) electrons. The molecule has 0 aliphatic carbocycles. The Hall–Kier alpha value is 1.37. The molecule has 0 spiro atoms. The molecule has 0 aromatic rings. The summed E-state index contributed by atoms with van der Waals surface area (Å²) < 4.78 is 0. The van der Waals surface area contributed by atoms with E-state index in [9.17, 15) is 0 Å². The topological polar surface area (TPSA) is 20.2 Å². The van der Waals surface area contributed by atoms with Gasteiger partial charge in [-0.25, -0.2) is 0 Å². The average Bonchev–Trinajstić information content (AvgIpc) is 1.00. The van der Waals surface area contributed by atoms with Crippen LogP contribution < -0.4 is 0 Å². The van der Waals surface area contributed by atoms with Crippen LogP contribution in [0.5, 0.6) is 0 Å². The molecule has 0 aliphatic rings. The first-order valence-electron chi connectivity index (χ1n) is 0.447. The molecular formula is CH10CuGeOS. The van der Waals surface area contributed by atoms with E-state index in [0.717, 1.165) is 7.11 Å². The van der Waals surface area contributed by atoms with E-state index in [2.05, 4.69) is 0 Å². The Morgan fingerprint density at radius 1 is 1.20 bits per heavy atom. The number of aliphatic hydroxyl groups is 1. The molecule has 0 fully saturated rings. The fraction of sp³-hybridized carbons (Fsp3) is 1.00. The minimum absolute atomic E-state index is 0. The van der Waals surface area contributed by atoms with Gasteiger partial charge in [0.2, 0.25) is 0 Å². The molecule has 1 nitrogen and oxygen atoms in total. The molecule has 0 aromatic heterocycles. The third-order valence-corrected chi connectivity index (χ3v) is 0. The Morgan fingerprint density at radius 3 is 1.20 bits per heavy atom. The Kier molecular flexibility index (Phi) is 356. The summed E-state index contributed by atoms with van der Waals surface area (Å²) in [5, 5.41) is 7.00. The summed E-state index contributed by atoms with van der Waals surface area (Å²) in [4.78, 5) is 0. The van der Waals surface area contributed by atoms with Crippen molar-refractivity contribution in [3.63, 3.8) is 0 Å². The molecule has 4 heteroatoms. The van der Waals surface area contributed by atoms with E-state index >= 15 is 0 Å². The van der Waals surface area contributed by atoms with Crippen molar-refractivity contribution in [2.45, 2.75) is 0 Å². The quantitative estimate of drug-likeness (QED) is 0.467. The molecule has 0 atom stereocenters. The Bertz CT molecular complexity index is 11.6. The normalized spacial score (nSPS) is 1.20. The van der Waals surface area contributed by atoms with Gasteiger partial charge in [0.05, 0.1) is 0 Å². The van der Waals surface area contributed by atoms with Gasteiger partial charge < -0.3 is 5.11 Å². The van der Waals surface area contributed by atoms with Crippen molar-refractivity contribution < 1.29 is 22.2 Å². The van der Waals surface area contributed by atoms with Gasteiger partial charge in [0.15, 0.2) is 0 Å². The van der Waals surface area contributed by atoms with Crippen molar-refractivity contribution in [3.8, 4) is 0 Å². The molecule has 41 valence electrons. The van der Waals surface area contributed by atoms with Crippen LogP contribution in [0.3, 0.4) is 0 Å². The first kappa shape index (κ1) is 32.7. The van der Waals surface area contributed by atoms with E-state index in [4.69, 9.17) is 5.11 Å². The SMILES string of the molecule is CO.S.[Cu].[GeH4]. The maximum absolute atomic E-state index is 7.00. The average molecular weight is 206 g/mol. The maximum atomic E-state index is 7.00. The molecule has 0 saturated carbocycles. The van der Waals surface area contributed by atoms with Crippen molar-refractivity contribution in [2.24, 2.45) is 0 Å². The van der Waals surface area contributed by atoms with Crippen LogP contribution in [-0.2, 0) is 17.1 Å². The predicted molar refractivity (Wildman–Crippen MR) is 29.9 cm³/mol. The molecular weight excluding hydrogens is 196 g/mol. The van der Waals surface area contributed by atoms with Crippen LogP contribution >= 0.6 is 13.5 Å². The monoisotopic (exact) mass is 207 g/mol. The van der Waals surface area contributed by atoms with E-state index in [-0.39, 0.29) is 48.2 Å². The fourth-order valence-corrected chi connectivity index (χ4v) is 0. The molecule has 0 aromatic carbocycles. The van der Waals surface area contributed by atoms with Crippen molar-refractivity contribution in [2.75, 3.05) is 7.11 Å². The standard InChI is InChI=1S/CH4O.Cu.GeH4.H2S/c1-2;;;/h2H,1H3;;1H4;1H2. The van der Waals surface area contributed by atoms with Crippen LogP contribution in [0.4, 0.5) is 0 Å². The number of hydrogen-bond acceptors (Lipinski definition) is 1. The molecule has 0 heterocycles. The summed E-state index contributed by atoms with van der Waals surface area (Å²) >= 11 is 0. The van der Waals surface area contributed by atoms with Crippen LogP contribution in [0.15, 0.2) is 0 Å². The van der Waals surface area contributed by atoms with Gasteiger partial charge in [-0.1, -0.05) is 0 Å². The van der Waals surface area contributed by atoms with Gasteiger partial charge >= 0.3 is 17.6 Å². The van der Waals surface area contributed by atoms with E-state index in [1.807, 2.05) is 0 Å². The molecule has 0 bridgehead atoms. The summed E-state index contributed by atoms with van der Waals surface area (Å²) in [6, 6.07) is 0. The van der Waals surface area contributed by atoms with Gasteiger partial charge in [-0.2, -0.15) is 13.5 Å². The second-order valence-electron chi connectivity index (χ2n) is 0. The zero-order valence-corrected chi connectivity index (χ0v) is 4.19. The van der Waals surface area contributed by atoms with Gasteiger partial charge in [-0.05, 0) is 0 Å². The number of rotatable bonds is 0.